The fourth-order valence-corrected chi connectivity index (χ4v) is 2.40. The monoisotopic (exact) mass is 327 g/mol. The summed E-state index contributed by atoms with van der Waals surface area (Å²) in [6, 6.07) is 8.77. The molecule has 0 aliphatic rings. The fourth-order valence-electron chi connectivity index (χ4n) is 2.40. The number of carbonyl (C=O) groups is 2. The summed E-state index contributed by atoms with van der Waals surface area (Å²) in [5, 5.41) is 2.73. The molecule has 0 aliphatic heterocycles. The number of carbonyl (C=O) groups excluding carboxylic acids is 2. The van der Waals surface area contributed by atoms with Crippen molar-refractivity contribution < 1.29 is 27.7 Å². The number of hydrogen-bond acceptors (Lipinski definition) is 2. The van der Waals surface area contributed by atoms with E-state index < -0.39 is 17.5 Å². The molecule has 1 aromatic rings. The maximum absolute atomic E-state index is 12.3. The molecule has 6 heteroatoms. The Kier molecular flexibility index (Phi) is 8.12. The van der Waals surface area contributed by atoms with Gasteiger partial charge in [-0.2, -0.15) is 0 Å². The molecule has 0 unspecified atom stereocenters. The van der Waals surface area contributed by atoms with Crippen LogP contribution in [0.5, 0.6) is 0 Å². The molecule has 1 aromatic carbocycles. The predicted octanol–water partition coefficient (Wildman–Crippen LogP) is -2.75. The van der Waals surface area contributed by atoms with Gasteiger partial charge in [-0.25, -0.2) is 0 Å². The molecule has 124 valence electrons. The minimum atomic E-state index is -0.765. The van der Waals surface area contributed by atoms with E-state index in [1.54, 1.807) is 6.92 Å². The zero-order valence-electron chi connectivity index (χ0n) is 13.4. The third kappa shape index (κ3) is 6.45. The van der Waals surface area contributed by atoms with Crippen molar-refractivity contribution in [3.05, 3.63) is 35.9 Å². The first kappa shape index (κ1) is 20.4. The molecule has 0 aliphatic carbocycles. The lowest BCUT2D eigenvalue weighted by Gasteiger charge is -2.24. The Morgan fingerprint density at radius 3 is 2.27 bits per heavy atom. The minimum absolute atomic E-state index is 0. The zero-order chi connectivity index (χ0) is 16.0. The van der Waals surface area contributed by atoms with Crippen molar-refractivity contribution in [1.82, 2.24) is 5.32 Å². The first-order valence-electron chi connectivity index (χ1n) is 7.22. The SMILES string of the molecule is CC(C)C[C@](C)([NH3+])C(=O)N[C@@H](Cc1ccccc1)C(N)=O.[Cl-]. The van der Waals surface area contributed by atoms with E-state index in [0.29, 0.717) is 18.8 Å². The van der Waals surface area contributed by atoms with Crippen LogP contribution in [0.2, 0.25) is 0 Å². The van der Waals surface area contributed by atoms with E-state index in [0.717, 1.165) is 5.56 Å². The van der Waals surface area contributed by atoms with Gasteiger partial charge in [0.15, 0.2) is 5.54 Å². The van der Waals surface area contributed by atoms with E-state index in [4.69, 9.17) is 5.73 Å². The molecule has 0 radical (unpaired) electrons. The van der Waals surface area contributed by atoms with Crippen LogP contribution in [0.25, 0.3) is 0 Å². The molecular weight excluding hydrogens is 302 g/mol. The predicted molar refractivity (Wildman–Crippen MR) is 82.0 cm³/mol. The normalized spacial score (nSPS) is 14.6. The topological polar surface area (TPSA) is 99.8 Å². The third-order valence-corrected chi connectivity index (χ3v) is 3.34. The highest BCUT2D eigenvalue weighted by Crippen LogP contribution is 2.12. The lowest BCUT2D eigenvalue weighted by Crippen LogP contribution is -3.00. The number of nitrogens with one attached hydrogen (secondary N) is 1. The molecule has 0 fully saturated rings. The Morgan fingerprint density at radius 2 is 1.82 bits per heavy atom. The van der Waals surface area contributed by atoms with E-state index in [-0.39, 0.29) is 18.3 Å². The summed E-state index contributed by atoms with van der Waals surface area (Å²) in [6.07, 6.45) is 1.04. The van der Waals surface area contributed by atoms with Gasteiger partial charge in [-0.05, 0) is 18.4 Å². The smallest absolute Gasteiger partial charge is 0.281 e. The van der Waals surface area contributed by atoms with E-state index in [9.17, 15) is 9.59 Å². The Labute approximate surface area is 138 Å². The van der Waals surface area contributed by atoms with Gasteiger partial charge in [0.05, 0.1) is 0 Å². The molecule has 0 saturated heterocycles. The molecule has 0 aromatic heterocycles. The Balaban J connectivity index is 0.00000441. The Hall–Kier alpha value is -1.59. The highest BCUT2D eigenvalue weighted by molar-refractivity contribution is 5.90. The molecule has 0 bridgehead atoms. The maximum atomic E-state index is 12.3. The van der Waals surface area contributed by atoms with Crippen molar-refractivity contribution in [3.8, 4) is 0 Å². The van der Waals surface area contributed by atoms with Crippen molar-refractivity contribution in [2.24, 2.45) is 11.7 Å². The summed E-state index contributed by atoms with van der Waals surface area (Å²) in [4.78, 5) is 23.9. The average molecular weight is 328 g/mol. The van der Waals surface area contributed by atoms with E-state index in [2.05, 4.69) is 11.1 Å². The summed E-state index contributed by atoms with van der Waals surface area (Å²) in [7, 11) is 0. The van der Waals surface area contributed by atoms with Crippen LogP contribution in [0.3, 0.4) is 0 Å². The first-order chi connectivity index (χ1) is 9.72. The second-order valence-corrected chi connectivity index (χ2v) is 6.28. The quantitative estimate of drug-likeness (QED) is 0.506. The van der Waals surface area contributed by atoms with Gasteiger partial charge in [0.2, 0.25) is 5.91 Å². The minimum Gasteiger partial charge on any atom is -1.00 e. The lowest BCUT2D eigenvalue weighted by molar-refractivity contribution is -0.455. The standard InChI is InChI=1S/C16H25N3O2.ClH/c1-11(2)10-16(3,18)15(21)19-13(14(17)20)9-12-7-5-4-6-8-12;/h4-8,11,13H,9-10,18H2,1-3H3,(H2,17,20)(H,19,21);1H/t13-,16-;/m0./s1. The van der Waals surface area contributed by atoms with Crippen LogP contribution in [0.15, 0.2) is 30.3 Å². The molecule has 5 nitrogen and oxygen atoms in total. The number of rotatable bonds is 7. The molecule has 6 N–H and O–H groups in total. The van der Waals surface area contributed by atoms with Gasteiger partial charge in [0.25, 0.3) is 5.91 Å². The molecule has 22 heavy (non-hydrogen) atoms. The first-order valence-corrected chi connectivity index (χ1v) is 7.22. The van der Waals surface area contributed by atoms with Gasteiger partial charge in [-0.3, -0.25) is 9.59 Å². The largest absolute Gasteiger partial charge is 1.00 e. The molecule has 0 spiro atoms. The van der Waals surface area contributed by atoms with Crippen LogP contribution in [0.4, 0.5) is 0 Å². The summed E-state index contributed by atoms with van der Waals surface area (Å²) in [6.45, 7) is 5.85. The van der Waals surface area contributed by atoms with E-state index >= 15 is 0 Å². The second kappa shape index (κ2) is 8.76. The van der Waals surface area contributed by atoms with Crippen LogP contribution >= 0.6 is 0 Å². The van der Waals surface area contributed by atoms with Crippen LogP contribution in [-0.2, 0) is 16.0 Å². The van der Waals surface area contributed by atoms with Gasteiger partial charge in [-0.15, -0.1) is 0 Å². The van der Waals surface area contributed by atoms with Crippen molar-refractivity contribution in [2.75, 3.05) is 0 Å². The highest BCUT2D eigenvalue weighted by atomic mass is 35.5. The molecule has 2 amide bonds. The Bertz CT molecular complexity index is 489. The number of hydrogen-bond donors (Lipinski definition) is 3. The number of quaternary nitrogens is 1. The van der Waals surface area contributed by atoms with E-state index in [1.807, 2.05) is 44.2 Å². The van der Waals surface area contributed by atoms with Crippen molar-refractivity contribution in [1.29, 1.82) is 0 Å². The average Bonchev–Trinajstić information content (AvgIpc) is 2.37. The van der Waals surface area contributed by atoms with Crippen LogP contribution < -0.4 is 29.2 Å². The van der Waals surface area contributed by atoms with Crippen LogP contribution in [-0.4, -0.2) is 23.4 Å². The molecule has 1 rings (SSSR count). The lowest BCUT2D eigenvalue weighted by atomic mass is 9.90. The summed E-state index contributed by atoms with van der Waals surface area (Å²) < 4.78 is 0. The summed E-state index contributed by atoms with van der Waals surface area (Å²) >= 11 is 0. The van der Waals surface area contributed by atoms with Crippen molar-refractivity contribution >= 4 is 11.8 Å². The van der Waals surface area contributed by atoms with Gasteiger partial charge in [0, 0.05) is 12.8 Å². The highest BCUT2D eigenvalue weighted by Gasteiger charge is 2.35. The third-order valence-electron chi connectivity index (χ3n) is 3.34. The summed E-state index contributed by atoms with van der Waals surface area (Å²) in [5.41, 5.74) is 9.56. The molecular formula is C16H26ClN3O2. The number of halogens is 1. The van der Waals surface area contributed by atoms with Crippen LogP contribution in [0.1, 0.15) is 32.8 Å². The molecule has 0 heterocycles. The number of benzene rings is 1. The fraction of sp³-hybridized carbons (Fsp3) is 0.500. The number of nitrogens with two attached hydrogens (primary N) is 1. The summed E-state index contributed by atoms with van der Waals surface area (Å²) in [5.74, 6) is -0.428. The second-order valence-electron chi connectivity index (χ2n) is 6.28. The Morgan fingerprint density at radius 1 is 1.27 bits per heavy atom. The molecule has 0 saturated carbocycles. The van der Waals surface area contributed by atoms with Gasteiger partial charge < -0.3 is 29.2 Å². The maximum Gasteiger partial charge on any atom is 0.281 e. The number of amides is 2. The van der Waals surface area contributed by atoms with Crippen molar-refractivity contribution in [3.63, 3.8) is 0 Å². The number of primary amides is 1. The zero-order valence-corrected chi connectivity index (χ0v) is 14.2. The van der Waals surface area contributed by atoms with E-state index in [1.165, 1.54) is 0 Å². The van der Waals surface area contributed by atoms with Crippen LogP contribution in [0, 0.1) is 5.92 Å². The van der Waals surface area contributed by atoms with Gasteiger partial charge in [-0.1, -0.05) is 44.2 Å². The van der Waals surface area contributed by atoms with Gasteiger partial charge >= 0.3 is 0 Å². The van der Waals surface area contributed by atoms with Gasteiger partial charge in [0.1, 0.15) is 6.04 Å². The molecule has 2 atom stereocenters. The van der Waals surface area contributed by atoms with Crippen molar-refractivity contribution in [2.45, 2.75) is 45.2 Å².